The lowest BCUT2D eigenvalue weighted by molar-refractivity contribution is 0.191. The van der Waals surface area contributed by atoms with Gasteiger partial charge in [-0.1, -0.05) is 48.5 Å². The van der Waals surface area contributed by atoms with Crippen LogP contribution < -0.4 is 10.9 Å². The molecule has 0 aliphatic heterocycles. The minimum Gasteiger partial charge on any atom is -0.334 e. The van der Waals surface area contributed by atoms with Crippen LogP contribution in [0.4, 0.5) is 4.79 Å². The maximum absolute atomic E-state index is 12.9. The van der Waals surface area contributed by atoms with Crippen molar-refractivity contribution in [1.82, 2.24) is 20.2 Å². The zero-order chi connectivity index (χ0) is 20.1. The van der Waals surface area contributed by atoms with Gasteiger partial charge in [-0.05, 0) is 29.1 Å². The molecule has 0 aliphatic rings. The minimum atomic E-state index is -0.210. The molecule has 2 N–H and O–H groups in total. The number of benzene rings is 2. The first-order valence-corrected chi connectivity index (χ1v) is 10.1. The van der Waals surface area contributed by atoms with E-state index in [0.29, 0.717) is 29.8 Å². The summed E-state index contributed by atoms with van der Waals surface area (Å²) in [6, 6.07) is 20.7. The van der Waals surface area contributed by atoms with E-state index in [4.69, 9.17) is 0 Å². The van der Waals surface area contributed by atoms with Crippen LogP contribution in [0.15, 0.2) is 76.9 Å². The number of nitrogens with one attached hydrogen (secondary N) is 2. The Hall–Kier alpha value is -3.45. The Labute approximate surface area is 171 Å². The highest BCUT2D eigenvalue weighted by molar-refractivity contribution is 7.09. The normalized spacial score (nSPS) is 10.8. The lowest BCUT2D eigenvalue weighted by Crippen LogP contribution is -2.39. The molecule has 0 spiro atoms. The van der Waals surface area contributed by atoms with E-state index in [1.165, 1.54) is 0 Å². The van der Waals surface area contributed by atoms with Gasteiger partial charge in [0.1, 0.15) is 5.82 Å². The average Bonchev–Trinajstić information content (AvgIpc) is 3.25. The van der Waals surface area contributed by atoms with Crippen LogP contribution in [0.5, 0.6) is 0 Å². The predicted octanol–water partition coefficient (Wildman–Crippen LogP) is 3.90. The van der Waals surface area contributed by atoms with Gasteiger partial charge in [-0.3, -0.25) is 4.79 Å². The molecule has 0 aliphatic carbocycles. The van der Waals surface area contributed by atoms with Gasteiger partial charge in [0, 0.05) is 11.4 Å². The van der Waals surface area contributed by atoms with Gasteiger partial charge in [-0.2, -0.15) is 0 Å². The molecule has 0 bridgehead atoms. The van der Waals surface area contributed by atoms with Crippen LogP contribution in [-0.2, 0) is 19.6 Å². The van der Waals surface area contributed by atoms with Crippen LogP contribution >= 0.6 is 11.3 Å². The average molecular weight is 404 g/mol. The predicted molar refractivity (Wildman–Crippen MR) is 115 cm³/mol. The number of para-hydroxylation sites is 1. The highest BCUT2D eigenvalue weighted by Gasteiger charge is 2.17. The quantitative estimate of drug-likeness (QED) is 0.512. The van der Waals surface area contributed by atoms with Crippen molar-refractivity contribution in [1.29, 1.82) is 0 Å². The Morgan fingerprint density at radius 2 is 1.79 bits per heavy atom. The molecular formula is C22H20N4O2S. The Kier molecular flexibility index (Phi) is 5.67. The SMILES string of the molecule is O=C(NCc1ccccc1)N(Cc1nc2ccccc2c(=O)[nH]1)Cc1cccs1. The summed E-state index contributed by atoms with van der Waals surface area (Å²) >= 11 is 1.59. The van der Waals surface area contributed by atoms with Crippen LogP contribution in [0.3, 0.4) is 0 Å². The number of thiophene rings is 1. The number of aromatic nitrogens is 2. The molecule has 0 unspecified atom stereocenters. The molecule has 0 radical (unpaired) electrons. The first-order chi connectivity index (χ1) is 14.2. The van der Waals surface area contributed by atoms with E-state index >= 15 is 0 Å². The molecule has 2 aromatic carbocycles. The Bertz CT molecular complexity index is 1160. The molecule has 6 nitrogen and oxygen atoms in total. The van der Waals surface area contributed by atoms with E-state index in [0.717, 1.165) is 10.4 Å². The number of amides is 2. The van der Waals surface area contributed by atoms with Crippen molar-refractivity contribution in [2.75, 3.05) is 0 Å². The highest BCUT2D eigenvalue weighted by atomic mass is 32.1. The summed E-state index contributed by atoms with van der Waals surface area (Å²) in [4.78, 5) is 35.3. The van der Waals surface area contributed by atoms with E-state index < -0.39 is 0 Å². The van der Waals surface area contributed by atoms with E-state index in [1.807, 2.05) is 53.9 Å². The molecule has 4 aromatic rings. The molecule has 146 valence electrons. The summed E-state index contributed by atoms with van der Waals surface area (Å²) in [6.07, 6.45) is 0. The Balaban J connectivity index is 1.55. The standard InChI is InChI=1S/C22H20N4O2S/c27-21-18-10-4-5-11-19(18)24-20(25-21)15-26(14-17-9-6-12-29-17)22(28)23-13-16-7-2-1-3-8-16/h1-12H,13-15H2,(H,23,28)(H,24,25,27). The summed E-state index contributed by atoms with van der Waals surface area (Å²) in [5, 5.41) is 5.47. The molecule has 2 amide bonds. The second-order valence-electron chi connectivity index (χ2n) is 6.61. The number of rotatable bonds is 6. The summed E-state index contributed by atoms with van der Waals surface area (Å²) in [6.45, 7) is 1.08. The van der Waals surface area contributed by atoms with Gasteiger partial charge in [0.15, 0.2) is 0 Å². The van der Waals surface area contributed by atoms with Gasteiger partial charge in [0.25, 0.3) is 5.56 Å². The highest BCUT2D eigenvalue weighted by Crippen LogP contribution is 2.14. The van der Waals surface area contributed by atoms with Crippen molar-refractivity contribution in [3.8, 4) is 0 Å². The van der Waals surface area contributed by atoms with Crippen molar-refractivity contribution in [2.45, 2.75) is 19.6 Å². The largest absolute Gasteiger partial charge is 0.334 e. The Morgan fingerprint density at radius 3 is 2.59 bits per heavy atom. The molecule has 0 atom stereocenters. The molecule has 0 saturated heterocycles. The maximum Gasteiger partial charge on any atom is 0.318 e. The van der Waals surface area contributed by atoms with Gasteiger partial charge in [-0.15, -0.1) is 11.3 Å². The Morgan fingerprint density at radius 1 is 1.00 bits per heavy atom. The lowest BCUT2D eigenvalue weighted by atomic mass is 10.2. The first kappa shape index (κ1) is 18.9. The van der Waals surface area contributed by atoms with Gasteiger partial charge < -0.3 is 15.2 Å². The van der Waals surface area contributed by atoms with Gasteiger partial charge in [0.2, 0.25) is 0 Å². The number of nitrogens with zero attached hydrogens (tertiary/aromatic N) is 2. The number of fused-ring (bicyclic) bond motifs is 1. The third-order valence-electron chi connectivity index (χ3n) is 4.50. The monoisotopic (exact) mass is 404 g/mol. The summed E-state index contributed by atoms with van der Waals surface area (Å²) in [5.74, 6) is 0.458. The van der Waals surface area contributed by atoms with Gasteiger partial charge in [0.05, 0.1) is 24.0 Å². The second-order valence-corrected chi connectivity index (χ2v) is 7.64. The smallest absolute Gasteiger partial charge is 0.318 e. The number of urea groups is 1. The van der Waals surface area contributed by atoms with Crippen LogP contribution in [0.1, 0.15) is 16.3 Å². The fourth-order valence-corrected chi connectivity index (χ4v) is 3.79. The number of hydrogen-bond acceptors (Lipinski definition) is 4. The number of carbonyl (C=O) groups excluding carboxylic acids is 1. The van der Waals surface area contributed by atoms with Crippen LogP contribution in [-0.4, -0.2) is 20.9 Å². The molecular weight excluding hydrogens is 384 g/mol. The zero-order valence-corrected chi connectivity index (χ0v) is 16.5. The van der Waals surface area contributed by atoms with Gasteiger partial charge in [-0.25, -0.2) is 9.78 Å². The van der Waals surface area contributed by atoms with Gasteiger partial charge >= 0.3 is 6.03 Å². The summed E-state index contributed by atoms with van der Waals surface area (Å²) in [5.41, 5.74) is 1.44. The number of carbonyl (C=O) groups is 1. The lowest BCUT2D eigenvalue weighted by Gasteiger charge is -2.22. The number of H-pyrrole nitrogens is 1. The van der Waals surface area contributed by atoms with Crippen LogP contribution in [0, 0.1) is 0 Å². The van der Waals surface area contributed by atoms with Crippen LogP contribution in [0.25, 0.3) is 10.9 Å². The number of aromatic amines is 1. The molecule has 0 saturated carbocycles. The van der Waals surface area contributed by atoms with Crippen molar-refractivity contribution in [3.05, 3.63) is 98.7 Å². The van der Waals surface area contributed by atoms with Crippen molar-refractivity contribution < 1.29 is 4.79 Å². The van der Waals surface area contributed by atoms with E-state index in [2.05, 4.69) is 15.3 Å². The molecule has 29 heavy (non-hydrogen) atoms. The topological polar surface area (TPSA) is 78.1 Å². The molecule has 4 rings (SSSR count). The number of hydrogen-bond donors (Lipinski definition) is 2. The minimum absolute atomic E-state index is 0.202. The zero-order valence-electron chi connectivity index (χ0n) is 15.7. The summed E-state index contributed by atoms with van der Waals surface area (Å²) < 4.78 is 0. The second kappa shape index (κ2) is 8.70. The van der Waals surface area contributed by atoms with Crippen molar-refractivity contribution in [2.24, 2.45) is 0 Å². The third-order valence-corrected chi connectivity index (χ3v) is 5.36. The fourth-order valence-electron chi connectivity index (χ4n) is 3.07. The van der Waals surface area contributed by atoms with Crippen molar-refractivity contribution in [3.63, 3.8) is 0 Å². The van der Waals surface area contributed by atoms with Crippen molar-refractivity contribution >= 4 is 28.3 Å². The molecule has 2 heterocycles. The summed E-state index contributed by atoms with van der Waals surface area (Å²) in [7, 11) is 0. The molecule has 7 heteroatoms. The van der Waals surface area contributed by atoms with E-state index in [9.17, 15) is 9.59 Å². The van der Waals surface area contributed by atoms with E-state index in [-0.39, 0.29) is 18.1 Å². The third kappa shape index (κ3) is 4.70. The van der Waals surface area contributed by atoms with E-state index in [1.54, 1.807) is 34.4 Å². The first-order valence-electron chi connectivity index (χ1n) is 9.26. The fraction of sp³-hybridized carbons (Fsp3) is 0.136. The molecule has 0 fully saturated rings. The maximum atomic E-state index is 12.9. The molecule has 2 aromatic heterocycles. The van der Waals surface area contributed by atoms with Crippen LogP contribution in [0.2, 0.25) is 0 Å².